The molecule has 0 aliphatic rings. The van der Waals surface area contributed by atoms with Crippen LogP contribution >= 0.6 is 0 Å². The highest BCUT2D eigenvalue weighted by molar-refractivity contribution is 5.93. The molecule has 4 nitrogen and oxygen atoms in total. The Labute approximate surface area is 167 Å². The molecule has 0 saturated carbocycles. The Hall–Kier alpha value is -2.88. The lowest BCUT2D eigenvalue weighted by Crippen LogP contribution is -2.10. The molecule has 0 atom stereocenters. The fraction of sp³-hybridized carbons (Fsp3) is 0.333. The number of carbonyl (C=O) groups is 2. The summed E-state index contributed by atoms with van der Waals surface area (Å²) in [5, 5.41) is 0. The number of aryl methyl sites for hydroxylation is 2. The average Bonchev–Trinajstić information content (AvgIpc) is 2.59. The zero-order valence-electron chi connectivity index (χ0n) is 17.4. The number of hydrogen-bond donors (Lipinski definition) is 0. The largest absolute Gasteiger partial charge is 0.423 e. The minimum absolute atomic E-state index is 0.216. The van der Waals surface area contributed by atoms with Gasteiger partial charge in [-0.1, -0.05) is 52.0 Å². The quantitative estimate of drug-likeness (QED) is 0.371. The molecule has 0 fully saturated rings. The maximum absolute atomic E-state index is 12.2. The second-order valence-electron chi connectivity index (χ2n) is 7.57. The average molecular weight is 380 g/mol. The summed E-state index contributed by atoms with van der Waals surface area (Å²) in [5.41, 5.74) is 3.88. The lowest BCUT2D eigenvalue weighted by molar-refractivity contribution is -0.131. The van der Waals surface area contributed by atoms with Crippen LogP contribution in [-0.4, -0.2) is 11.9 Å². The Kier molecular flexibility index (Phi) is 7.16. The first-order valence-electron chi connectivity index (χ1n) is 9.50. The van der Waals surface area contributed by atoms with Crippen molar-refractivity contribution in [3.63, 3.8) is 0 Å². The van der Waals surface area contributed by atoms with Gasteiger partial charge in [0, 0.05) is 12.2 Å². The van der Waals surface area contributed by atoms with Gasteiger partial charge in [0.2, 0.25) is 0 Å². The van der Waals surface area contributed by atoms with E-state index in [1.54, 1.807) is 0 Å². The van der Waals surface area contributed by atoms with Crippen molar-refractivity contribution in [3.8, 4) is 11.5 Å². The minimum Gasteiger partial charge on any atom is -0.423 e. The Morgan fingerprint density at radius 2 is 1.07 bits per heavy atom. The highest BCUT2D eigenvalue weighted by Gasteiger charge is 2.13. The summed E-state index contributed by atoms with van der Waals surface area (Å²) in [7, 11) is 0. The molecule has 0 saturated heterocycles. The molecule has 2 rings (SSSR count). The molecule has 148 valence electrons. The summed E-state index contributed by atoms with van der Waals surface area (Å²) in [6, 6.07) is 11.5. The number of esters is 2. The molecule has 0 heterocycles. The molecule has 0 aromatic heterocycles. The molecule has 4 heteroatoms. The van der Waals surface area contributed by atoms with Crippen LogP contribution in [0.1, 0.15) is 61.8 Å². The van der Waals surface area contributed by atoms with E-state index >= 15 is 0 Å². The van der Waals surface area contributed by atoms with Crippen LogP contribution < -0.4 is 9.47 Å². The smallest absolute Gasteiger partial charge is 0.336 e. The number of ether oxygens (including phenoxy) is 2. The van der Waals surface area contributed by atoms with Gasteiger partial charge in [-0.15, -0.1) is 0 Å². The highest BCUT2D eigenvalue weighted by atomic mass is 16.5. The molecule has 0 radical (unpaired) electrons. The summed E-state index contributed by atoms with van der Waals surface area (Å²) in [6.45, 7) is 12.0. The first-order chi connectivity index (χ1) is 13.2. The maximum atomic E-state index is 12.2. The maximum Gasteiger partial charge on any atom is 0.336 e. The van der Waals surface area contributed by atoms with Crippen LogP contribution in [0.15, 0.2) is 48.6 Å². The number of rotatable bonds is 6. The van der Waals surface area contributed by atoms with Gasteiger partial charge in [0.15, 0.2) is 0 Å². The Balaban J connectivity index is 2.08. The molecular weight excluding hydrogens is 352 g/mol. The van der Waals surface area contributed by atoms with Crippen LogP contribution in [0.25, 0.3) is 0 Å². The number of benzene rings is 2. The summed E-state index contributed by atoms with van der Waals surface area (Å²) >= 11 is 0. The van der Waals surface area contributed by atoms with Gasteiger partial charge >= 0.3 is 11.9 Å². The molecule has 0 unspecified atom stereocenters. The van der Waals surface area contributed by atoms with E-state index < -0.39 is 11.9 Å². The van der Waals surface area contributed by atoms with E-state index in [1.807, 2.05) is 77.9 Å². The van der Waals surface area contributed by atoms with Crippen LogP contribution in [-0.2, 0) is 9.59 Å². The summed E-state index contributed by atoms with van der Waals surface area (Å²) in [4.78, 5) is 24.3. The van der Waals surface area contributed by atoms with Gasteiger partial charge in [0.25, 0.3) is 0 Å². The summed E-state index contributed by atoms with van der Waals surface area (Å²) < 4.78 is 10.9. The first kappa shape index (κ1) is 21.4. The predicted octanol–water partition coefficient (Wildman–Crippen LogP) is 5.62. The zero-order chi connectivity index (χ0) is 20.8. The fourth-order valence-electron chi connectivity index (χ4n) is 2.83. The van der Waals surface area contributed by atoms with Crippen molar-refractivity contribution in [2.24, 2.45) is 0 Å². The van der Waals surface area contributed by atoms with Crippen molar-refractivity contribution in [3.05, 3.63) is 70.8 Å². The third-order valence-corrected chi connectivity index (χ3v) is 4.36. The number of carbonyl (C=O) groups excluding carboxylic acids is 2. The van der Waals surface area contributed by atoms with Crippen molar-refractivity contribution in [1.29, 1.82) is 0 Å². The molecule has 0 spiro atoms. The van der Waals surface area contributed by atoms with Crippen molar-refractivity contribution in [2.75, 3.05) is 0 Å². The molecule has 0 N–H and O–H groups in total. The van der Waals surface area contributed by atoms with E-state index in [4.69, 9.17) is 9.47 Å². The normalized spacial score (nSPS) is 11.3. The van der Waals surface area contributed by atoms with E-state index in [2.05, 4.69) is 0 Å². The van der Waals surface area contributed by atoms with Gasteiger partial charge in [-0.25, -0.2) is 9.59 Å². The van der Waals surface area contributed by atoms with E-state index in [1.165, 1.54) is 0 Å². The van der Waals surface area contributed by atoms with E-state index in [0.717, 1.165) is 34.4 Å². The lowest BCUT2D eigenvalue weighted by atomic mass is 10.0. The SMILES string of the molecule is Cc1ccc(C(C)C)c(OC(=O)/C=C\C(=O)Oc2cc(C)ccc2C(C)C)c1. The van der Waals surface area contributed by atoms with E-state index in [-0.39, 0.29) is 11.8 Å². The predicted molar refractivity (Wildman–Crippen MR) is 111 cm³/mol. The topological polar surface area (TPSA) is 52.6 Å². The summed E-state index contributed by atoms with van der Waals surface area (Å²) in [6.07, 6.45) is 2.19. The third-order valence-electron chi connectivity index (χ3n) is 4.36. The lowest BCUT2D eigenvalue weighted by Gasteiger charge is -2.13. The van der Waals surface area contributed by atoms with Crippen LogP contribution in [0.4, 0.5) is 0 Å². The van der Waals surface area contributed by atoms with Crippen LogP contribution in [0.5, 0.6) is 11.5 Å². The van der Waals surface area contributed by atoms with Crippen LogP contribution in [0, 0.1) is 13.8 Å². The van der Waals surface area contributed by atoms with Crippen molar-refractivity contribution in [1.82, 2.24) is 0 Å². The van der Waals surface area contributed by atoms with Gasteiger partial charge in [-0.05, 0) is 60.1 Å². The Bertz CT molecular complexity index is 818. The molecule has 0 amide bonds. The Morgan fingerprint density at radius 3 is 1.39 bits per heavy atom. The molecule has 28 heavy (non-hydrogen) atoms. The summed E-state index contributed by atoms with van der Waals surface area (Å²) in [5.74, 6) is 0.231. The van der Waals surface area contributed by atoms with E-state index in [9.17, 15) is 9.59 Å². The van der Waals surface area contributed by atoms with Gasteiger partial charge in [0.1, 0.15) is 11.5 Å². The third kappa shape index (κ3) is 5.81. The second-order valence-corrected chi connectivity index (χ2v) is 7.57. The first-order valence-corrected chi connectivity index (χ1v) is 9.50. The molecule has 0 aliphatic carbocycles. The molecular formula is C24H28O4. The Morgan fingerprint density at radius 1 is 0.714 bits per heavy atom. The van der Waals surface area contributed by atoms with Crippen molar-refractivity contribution < 1.29 is 19.1 Å². The standard InChI is InChI=1S/C24H28O4/c1-15(2)19-9-7-17(5)13-21(19)27-23(25)11-12-24(26)28-22-14-18(6)8-10-20(22)16(3)4/h7-16H,1-6H3/b12-11-. The van der Waals surface area contributed by atoms with Crippen molar-refractivity contribution >= 4 is 11.9 Å². The van der Waals surface area contributed by atoms with Gasteiger partial charge in [-0.2, -0.15) is 0 Å². The van der Waals surface area contributed by atoms with Crippen LogP contribution in [0.3, 0.4) is 0 Å². The van der Waals surface area contributed by atoms with Gasteiger partial charge in [0.05, 0.1) is 0 Å². The second kappa shape index (κ2) is 9.36. The molecule has 2 aromatic carbocycles. The zero-order valence-corrected chi connectivity index (χ0v) is 17.4. The number of hydrogen-bond acceptors (Lipinski definition) is 4. The van der Waals surface area contributed by atoms with Crippen LogP contribution in [0.2, 0.25) is 0 Å². The molecule has 0 bridgehead atoms. The molecule has 2 aromatic rings. The fourth-order valence-corrected chi connectivity index (χ4v) is 2.83. The van der Waals surface area contributed by atoms with Crippen molar-refractivity contribution in [2.45, 2.75) is 53.4 Å². The minimum atomic E-state index is -0.613. The van der Waals surface area contributed by atoms with Gasteiger partial charge in [-0.3, -0.25) is 0 Å². The molecule has 0 aliphatic heterocycles. The van der Waals surface area contributed by atoms with E-state index in [0.29, 0.717) is 11.5 Å². The van der Waals surface area contributed by atoms with Gasteiger partial charge < -0.3 is 9.47 Å². The highest BCUT2D eigenvalue weighted by Crippen LogP contribution is 2.28. The monoisotopic (exact) mass is 380 g/mol.